The Labute approximate surface area is 265 Å². The third kappa shape index (κ3) is 5.76. The fourth-order valence-electron chi connectivity index (χ4n) is 6.89. The molecular formula is C33H37ClN4O5S. The van der Waals surface area contributed by atoms with E-state index in [0.717, 1.165) is 65.9 Å². The highest BCUT2D eigenvalue weighted by Gasteiger charge is 2.36. The summed E-state index contributed by atoms with van der Waals surface area (Å²) in [6, 6.07) is 7.63. The maximum absolute atomic E-state index is 13.9. The first-order valence-corrected chi connectivity index (χ1v) is 16.3. The van der Waals surface area contributed by atoms with Crippen molar-refractivity contribution in [3.8, 4) is 16.9 Å². The number of aromatic carboxylic acids is 1. The van der Waals surface area contributed by atoms with Crippen LogP contribution >= 0.6 is 22.9 Å². The van der Waals surface area contributed by atoms with Gasteiger partial charge in [-0.2, -0.15) is 0 Å². The number of likely N-dealkylation sites (tertiary alicyclic amines) is 1. The van der Waals surface area contributed by atoms with Gasteiger partial charge < -0.3 is 14.6 Å². The lowest BCUT2D eigenvalue weighted by atomic mass is 9.81. The largest absolute Gasteiger partial charge is 0.491 e. The third-order valence-corrected chi connectivity index (χ3v) is 10.4. The van der Waals surface area contributed by atoms with Crippen LogP contribution in [0.2, 0.25) is 5.02 Å². The molecular weight excluding hydrogens is 600 g/mol. The number of ether oxygens (including phenoxy) is 2. The van der Waals surface area contributed by atoms with Crippen molar-refractivity contribution in [3.05, 3.63) is 73.4 Å². The van der Waals surface area contributed by atoms with Crippen LogP contribution in [0.4, 0.5) is 0 Å². The number of piperidine rings is 1. The van der Waals surface area contributed by atoms with Crippen LogP contribution in [0.25, 0.3) is 21.3 Å². The van der Waals surface area contributed by atoms with Crippen molar-refractivity contribution >= 4 is 39.1 Å². The van der Waals surface area contributed by atoms with E-state index in [9.17, 15) is 14.7 Å². The van der Waals surface area contributed by atoms with Crippen LogP contribution in [0.1, 0.15) is 65.2 Å². The van der Waals surface area contributed by atoms with E-state index in [1.807, 2.05) is 32.0 Å². The lowest BCUT2D eigenvalue weighted by molar-refractivity contribution is 0.0205. The Kier molecular flexibility index (Phi) is 8.79. The summed E-state index contributed by atoms with van der Waals surface area (Å²) in [7, 11) is 1.78. The van der Waals surface area contributed by atoms with Crippen molar-refractivity contribution in [1.82, 2.24) is 19.4 Å². The number of carbonyl (C=O) groups is 1. The van der Waals surface area contributed by atoms with E-state index >= 15 is 0 Å². The Morgan fingerprint density at radius 3 is 2.64 bits per heavy atom. The summed E-state index contributed by atoms with van der Waals surface area (Å²) in [6.45, 7) is 8.45. The van der Waals surface area contributed by atoms with E-state index < -0.39 is 5.97 Å². The summed E-state index contributed by atoms with van der Waals surface area (Å²) < 4.78 is 14.4. The van der Waals surface area contributed by atoms with Gasteiger partial charge in [0.2, 0.25) is 0 Å². The second-order valence-corrected chi connectivity index (χ2v) is 13.1. The van der Waals surface area contributed by atoms with E-state index in [-0.39, 0.29) is 23.6 Å². The second kappa shape index (κ2) is 12.6. The van der Waals surface area contributed by atoms with Gasteiger partial charge in [0.15, 0.2) is 0 Å². The van der Waals surface area contributed by atoms with Crippen LogP contribution < -0.4 is 10.3 Å². The molecule has 2 atom stereocenters. The minimum atomic E-state index is -1.02. The molecule has 2 aliphatic rings. The third-order valence-electron chi connectivity index (χ3n) is 9.15. The summed E-state index contributed by atoms with van der Waals surface area (Å²) >= 11 is 7.75. The smallest absolute Gasteiger partial charge is 0.338 e. The van der Waals surface area contributed by atoms with Gasteiger partial charge in [0.1, 0.15) is 18.2 Å². The van der Waals surface area contributed by atoms with Crippen LogP contribution in [-0.4, -0.2) is 69.5 Å². The first kappa shape index (κ1) is 30.7. The number of pyridine rings is 1. The van der Waals surface area contributed by atoms with Gasteiger partial charge in [-0.3, -0.25) is 19.2 Å². The lowest BCUT2D eigenvalue weighted by Gasteiger charge is -2.42. The van der Waals surface area contributed by atoms with Gasteiger partial charge in [0, 0.05) is 64.9 Å². The summed E-state index contributed by atoms with van der Waals surface area (Å²) in [5, 5.41) is 11.8. The van der Waals surface area contributed by atoms with Crippen LogP contribution in [0.5, 0.6) is 5.75 Å². The molecule has 0 amide bonds. The second-order valence-electron chi connectivity index (χ2n) is 11.8. The van der Waals surface area contributed by atoms with Gasteiger partial charge in [0.25, 0.3) is 5.56 Å². The molecule has 4 aromatic rings. The van der Waals surface area contributed by atoms with Crippen LogP contribution in [0.3, 0.4) is 0 Å². The van der Waals surface area contributed by atoms with Gasteiger partial charge in [-0.1, -0.05) is 18.5 Å². The van der Waals surface area contributed by atoms with Crippen molar-refractivity contribution < 1.29 is 19.4 Å². The number of fused-ring (bicyclic) bond motifs is 2. The summed E-state index contributed by atoms with van der Waals surface area (Å²) in [5.41, 5.74) is 4.63. The van der Waals surface area contributed by atoms with Gasteiger partial charge in [0.05, 0.1) is 34.1 Å². The maximum Gasteiger partial charge on any atom is 0.338 e. The zero-order chi connectivity index (χ0) is 31.1. The van der Waals surface area contributed by atoms with Crippen LogP contribution in [0.15, 0.2) is 34.4 Å². The molecule has 2 unspecified atom stereocenters. The van der Waals surface area contributed by atoms with Gasteiger partial charge in [-0.15, -0.1) is 11.3 Å². The first-order valence-electron chi connectivity index (χ1n) is 15.1. The molecule has 6 rings (SSSR count). The molecule has 232 valence electrons. The number of halogens is 1. The summed E-state index contributed by atoms with van der Waals surface area (Å²) in [6.07, 6.45) is 4.17. The van der Waals surface area contributed by atoms with Crippen LogP contribution in [-0.2, 0) is 17.7 Å². The number of nitrogens with zero attached hydrogens (tertiary/aromatic N) is 4. The Balaban J connectivity index is 1.25. The minimum absolute atomic E-state index is 0.0164. The Morgan fingerprint density at radius 1 is 1.14 bits per heavy atom. The molecule has 0 spiro atoms. The Bertz CT molecular complexity index is 1780. The maximum atomic E-state index is 13.9. The van der Waals surface area contributed by atoms with E-state index in [0.29, 0.717) is 46.5 Å². The van der Waals surface area contributed by atoms with E-state index in [4.69, 9.17) is 26.1 Å². The van der Waals surface area contributed by atoms with E-state index in [1.165, 1.54) is 11.3 Å². The monoisotopic (exact) mass is 636 g/mol. The number of carboxylic acids is 1. The molecule has 1 fully saturated rings. The highest BCUT2D eigenvalue weighted by atomic mass is 35.5. The zero-order valence-electron chi connectivity index (χ0n) is 25.4. The number of aromatic nitrogens is 3. The topological polar surface area (TPSA) is 107 Å². The first-order chi connectivity index (χ1) is 21.2. The zero-order valence-corrected chi connectivity index (χ0v) is 27.0. The summed E-state index contributed by atoms with van der Waals surface area (Å²) in [4.78, 5) is 37.7. The number of benzene rings is 1. The summed E-state index contributed by atoms with van der Waals surface area (Å²) in [5.74, 6) is 0.355. The number of methoxy groups -OCH3 is 1. The van der Waals surface area contributed by atoms with Crippen molar-refractivity contribution in [2.75, 3.05) is 26.8 Å². The number of hydrogen-bond acceptors (Lipinski definition) is 8. The molecule has 0 bridgehead atoms. The molecule has 44 heavy (non-hydrogen) atoms. The molecule has 4 heterocycles. The molecule has 1 N–H and O–H groups in total. The average molecular weight is 637 g/mol. The van der Waals surface area contributed by atoms with Crippen molar-refractivity contribution in [1.29, 1.82) is 0 Å². The number of aryl methyl sites for hydroxylation is 3. The number of thiophene rings is 1. The molecule has 1 aliphatic heterocycles. The minimum Gasteiger partial charge on any atom is -0.491 e. The molecule has 0 saturated carbocycles. The fourth-order valence-corrected chi connectivity index (χ4v) is 8.07. The van der Waals surface area contributed by atoms with Crippen LogP contribution in [0, 0.1) is 13.8 Å². The van der Waals surface area contributed by atoms with E-state index in [2.05, 4.69) is 16.8 Å². The molecule has 11 heteroatoms. The normalized spacial score (nSPS) is 19.3. The molecule has 0 radical (unpaired) electrons. The lowest BCUT2D eigenvalue weighted by Crippen LogP contribution is -2.48. The average Bonchev–Trinajstić information content (AvgIpc) is 3.43. The quantitative estimate of drug-likeness (QED) is 0.247. The van der Waals surface area contributed by atoms with Gasteiger partial charge in [-0.05, 0) is 63.8 Å². The van der Waals surface area contributed by atoms with Gasteiger partial charge >= 0.3 is 5.97 Å². The highest BCUT2D eigenvalue weighted by molar-refractivity contribution is 7.18. The fraction of sp³-hybridized carbons (Fsp3) is 0.455. The van der Waals surface area contributed by atoms with E-state index in [1.54, 1.807) is 23.1 Å². The number of hydrogen-bond donors (Lipinski definition) is 1. The van der Waals surface area contributed by atoms with Crippen molar-refractivity contribution in [2.45, 2.75) is 71.1 Å². The number of rotatable bonds is 8. The Morgan fingerprint density at radius 2 is 1.91 bits per heavy atom. The number of carboxylic acid groups (broad SMARTS) is 1. The predicted octanol–water partition coefficient (Wildman–Crippen LogP) is 6.10. The highest BCUT2D eigenvalue weighted by Crippen LogP contribution is 2.40. The SMILES string of the molecule is COC1CCN(C2CCc3nc(C)n(CCOc4ccc(Cl)cc4-c4cc(C)nc5c(C(=O)O)csc45)c(=O)c3C2C)CC1. The molecule has 1 saturated heterocycles. The van der Waals surface area contributed by atoms with Crippen molar-refractivity contribution in [3.63, 3.8) is 0 Å². The predicted molar refractivity (Wildman–Crippen MR) is 173 cm³/mol. The van der Waals surface area contributed by atoms with Gasteiger partial charge in [-0.25, -0.2) is 9.78 Å². The van der Waals surface area contributed by atoms with Crippen molar-refractivity contribution in [2.24, 2.45) is 0 Å². The molecule has 1 aliphatic carbocycles. The molecule has 9 nitrogen and oxygen atoms in total. The standard InChI is InChI=1S/C33H37ClN4O5S/c1-18-15-24(31-30(35-18)25(17-44-31)33(40)41)23-16-21(34)5-8-28(23)43-14-13-38-20(3)36-26-6-7-27(19(2)29(26)32(38)39)37-11-9-22(42-4)10-12-37/h5,8,15-17,19,22,27H,6-7,9-14H2,1-4H3,(H,40,41). The molecule has 3 aromatic heterocycles. The Hall–Kier alpha value is -3.31. The molecule has 1 aromatic carbocycles.